The Morgan fingerprint density at radius 3 is 2.62 bits per heavy atom. The third-order valence-electron chi connectivity index (χ3n) is 6.50. The Balaban J connectivity index is 1.42. The van der Waals surface area contributed by atoms with Crippen molar-refractivity contribution in [1.82, 2.24) is 15.2 Å². The number of benzene rings is 2. The van der Waals surface area contributed by atoms with Crippen LogP contribution in [-0.2, 0) is 4.79 Å². The predicted molar refractivity (Wildman–Crippen MR) is 150 cm³/mol. The van der Waals surface area contributed by atoms with Crippen molar-refractivity contribution in [3.8, 4) is 17.1 Å². The Morgan fingerprint density at radius 2 is 1.85 bits per heavy atom. The molecule has 1 amide bonds. The number of carbonyl (C=O) groups excluding carboxylic acids is 1. The zero-order valence-corrected chi connectivity index (χ0v) is 21.9. The van der Waals surface area contributed by atoms with E-state index in [-0.39, 0.29) is 23.9 Å². The van der Waals surface area contributed by atoms with E-state index in [1.807, 2.05) is 41.3 Å². The molecule has 0 spiro atoms. The zero-order valence-electron chi connectivity index (χ0n) is 21.0. The molecule has 0 unspecified atom stereocenters. The minimum Gasteiger partial charge on any atom is -0.495 e. The summed E-state index contributed by atoms with van der Waals surface area (Å²) in [5, 5.41) is 16.3. The highest BCUT2D eigenvalue weighted by atomic mass is 32.1. The second kappa shape index (κ2) is 11.4. The number of methoxy groups -OCH3 is 1. The summed E-state index contributed by atoms with van der Waals surface area (Å²) < 4.78 is 11.6. The summed E-state index contributed by atoms with van der Waals surface area (Å²) in [6, 6.07) is 22.3. The van der Waals surface area contributed by atoms with E-state index in [0.29, 0.717) is 40.2 Å². The Morgan fingerprint density at radius 1 is 1.08 bits per heavy atom. The zero-order chi connectivity index (χ0) is 27.4. The molecule has 2 atom stereocenters. The number of para-hydroxylation sites is 2. The van der Waals surface area contributed by atoms with E-state index in [1.54, 1.807) is 49.7 Å². The van der Waals surface area contributed by atoms with Gasteiger partial charge in [-0.15, -0.1) is 0 Å². The molecule has 0 aliphatic carbocycles. The summed E-state index contributed by atoms with van der Waals surface area (Å²) in [4.78, 5) is 31.1. The molecule has 2 aromatic heterocycles. The molecule has 4 aromatic rings. The quantitative estimate of drug-likeness (QED) is 0.250. The van der Waals surface area contributed by atoms with Crippen molar-refractivity contribution in [3.63, 3.8) is 0 Å². The number of carbonyl (C=O) groups is 2. The fourth-order valence-electron chi connectivity index (χ4n) is 4.68. The van der Waals surface area contributed by atoms with Crippen LogP contribution >= 0.6 is 12.2 Å². The monoisotopic (exact) mass is 542 g/mol. The summed E-state index contributed by atoms with van der Waals surface area (Å²) >= 11 is 5.69. The first-order valence-corrected chi connectivity index (χ1v) is 12.7. The largest absolute Gasteiger partial charge is 0.495 e. The van der Waals surface area contributed by atoms with Gasteiger partial charge in [-0.25, -0.2) is 4.79 Å². The van der Waals surface area contributed by atoms with Crippen molar-refractivity contribution in [2.24, 2.45) is 0 Å². The SMILES string of the molecule is COc1ccccc1NC(=O)CCN1C(=S)N[C@H](c2ccccn2)[C@H]1c1ccc(-c2ccccc2C(=O)O)o1. The van der Waals surface area contributed by atoms with Gasteiger partial charge in [0.05, 0.1) is 30.1 Å². The standard InChI is InChI=1S/C29H26N4O5S/c1-37-23-12-5-4-10-20(23)31-25(34)15-17-33-27(26(32-29(33)39)21-11-6-7-16-30-21)24-14-13-22(38-24)18-8-2-3-9-19(18)28(35)36/h2-14,16,26-27H,15,17H2,1H3,(H,31,34)(H,32,39)(H,35,36)/t26-,27-/m1/s1. The molecule has 10 heteroatoms. The highest BCUT2D eigenvalue weighted by Crippen LogP contribution is 2.41. The summed E-state index contributed by atoms with van der Waals surface area (Å²) in [6.45, 7) is 0.308. The Kier molecular flexibility index (Phi) is 7.55. The highest BCUT2D eigenvalue weighted by molar-refractivity contribution is 7.80. The molecule has 1 saturated heterocycles. The van der Waals surface area contributed by atoms with E-state index < -0.39 is 12.0 Å². The Bertz CT molecular complexity index is 1510. The van der Waals surface area contributed by atoms with Crippen molar-refractivity contribution in [2.75, 3.05) is 19.0 Å². The molecule has 0 radical (unpaired) electrons. The lowest BCUT2D eigenvalue weighted by Crippen LogP contribution is -2.32. The van der Waals surface area contributed by atoms with Gasteiger partial charge >= 0.3 is 5.97 Å². The molecule has 39 heavy (non-hydrogen) atoms. The fraction of sp³-hybridized carbons (Fsp3) is 0.172. The predicted octanol–water partition coefficient (Wildman–Crippen LogP) is 5.05. The second-order valence-corrected chi connectivity index (χ2v) is 9.26. The number of amides is 1. The van der Waals surface area contributed by atoms with Crippen LogP contribution in [0.2, 0.25) is 0 Å². The lowest BCUT2D eigenvalue weighted by molar-refractivity contribution is -0.116. The third kappa shape index (κ3) is 5.46. The maximum absolute atomic E-state index is 12.9. The van der Waals surface area contributed by atoms with E-state index in [2.05, 4.69) is 15.6 Å². The lowest BCUT2D eigenvalue weighted by atomic mass is 10.0. The number of thiocarbonyl (C=S) groups is 1. The van der Waals surface area contributed by atoms with Gasteiger partial charge in [0.2, 0.25) is 5.91 Å². The average Bonchev–Trinajstić information content (AvgIpc) is 3.57. The Labute approximate surface area is 230 Å². The number of hydrogen-bond acceptors (Lipinski definition) is 6. The number of aromatic carboxylic acids is 1. The van der Waals surface area contributed by atoms with Crippen molar-refractivity contribution < 1.29 is 23.8 Å². The van der Waals surface area contributed by atoms with Crippen molar-refractivity contribution in [1.29, 1.82) is 0 Å². The number of carboxylic acid groups (broad SMARTS) is 1. The second-order valence-electron chi connectivity index (χ2n) is 8.87. The molecular weight excluding hydrogens is 516 g/mol. The number of anilines is 1. The van der Waals surface area contributed by atoms with E-state index in [0.717, 1.165) is 5.69 Å². The molecule has 0 bridgehead atoms. The van der Waals surface area contributed by atoms with Crippen LogP contribution in [0, 0.1) is 0 Å². The molecule has 0 saturated carbocycles. The fourth-order valence-corrected chi connectivity index (χ4v) is 5.01. The number of carboxylic acids is 1. The van der Waals surface area contributed by atoms with E-state index in [9.17, 15) is 14.7 Å². The number of rotatable bonds is 9. The van der Waals surface area contributed by atoms with Crippen molar-refractivity contribution >= 4 is 34.9 Å². The number of pyridine rings is 1. The molecule has 198 valence electrons. The Hall–Kier alpha value is -4.70. The summed E-state index contributed by atoms with van der Waals surface area (Å²) in [6.07, 6.45) is 1.86. The highest BCUT2D eigenvalue weighted by Gasteiger charge is 2.41. The van der Waals surface area contributed by atoms with Crippen LogP contribution in [0.3, 0.4) is 0 Å². The van der Waals surface area contributed by atoms with Crippen molar-refractivity contribution in [2.45, 2.75) is 18.5 Å². The van der Waals surface area contributed by atoms with Crippen LogP contribution in [-0.4, -0.2) is 45.6 Å². The molecule has 3 N–H and O–H groups in total. The van der Waals surface area contributed by atoms with Gasteiger partial charge in [-0.05, 0) is 54.7 Å². The first-order valence-electron chi connectivity index (χ1n) is 12.3. The normalized spacial score (nSPS) is 16.5. The molecule has 1 fully saturated rings. The van der Waals surface area contributed by atoms with Gasteiger partial charge in [-0.2, -0.15) is 0 Å². The van der Waals surface area contributed by atoms with Crippen molar-refractivity contribution in [3.05, 3.63) is 102 Å². The van der Waals surface area contributed by atoms with Gasteiger partial charge in [0, 0.05) is 24.7 Å². The molecule has 1 aliphatic rings. The lowest BCUT2D eigenvalue weighted by Gasteiger charge is -2.26. The summed E-state index contributed by atoms with van der Waals surface area (Å²) in [5.74, 6) is 0.328. The maximum Gasteiger partial charge on any atom is 0.336 e. The van der Waals surface area contributed by atoms with Gasteiger partial charge in [0.25, 0.3) is 0 Å². The van der Waals surface area contributed by atoms with Gasteiger partial charge in [-0.1, -0.05) is 36.4 Å². The topological polar surface area (TPSA) is 117 Å². The number of nitrogens with one attached hydrogen (secondary N) is 2. The van der Waals surface area contributed by atoms with Gasteiger partial charge < -0.3 is 29.8 Å². The molecule has 5 rings (SSSR count). The van der Waals surface area contributed by atoms with Crippen LogP contribution in [0.25, 0.3) is 11.3 Å². The molecule has 9 nitrogen and oxygen atoms in total. The maximum atomic E-state index is 12.9. The number of ether oxygens (including phenoxy) is 1. The van der Waals surface area contributed by atoms with Crippen LogP contribution in [0.1, 0.15) is 40.3 Å². The van der Waals surface area contributed by atoms with Gasteiger partial charge in [0.1, 0.15) is 23.3 Å². The molecule has 2 aromatic carbocycles. The molecule has 3 heterocycles. The molecular formula is C29H26N4O5S. The number of furan rings is 1. The smallest absolute Gasteiger partial charge is 0.336 e. The van der Waals surface area contributed by atoms with Crippen LogP contribution in [0.4, 0.5) is 5.69 Å². The van der Waals surface area contributed by atoms with Crippen LogP contribution in [0.15, 0.2) is 89.5 Å². The van der Waals surface area contributed by atoms with E-state index in [4.69, 9.17) is 21.4 Å². The number of hydrogen-bond donors (Lipinski definition) is 3. The minimum absolute atomic E-state index is 0.143. The summed E-state index contributed by atoms with van der Waals surface area (Å²) in [5.41, 5.74) is 1.96. The van der Waals surface area contributed by atoms with Gasteiger partial charge in [-0.3, -0.25) is 9.78 Å². The van der Waals surface area contributed by atoms with Gasteiger partial charge in [0.15, 0.2) is 5.11 Å². The minimum atomic E-state index is -1.04. The van der Waals surface area contributed by atoms with Crippen LogP contribution < -0.4 is 15.4 Å². The third-order valence-corrected chi connectivity index (χ3v) is 6.85. The number of aromatic nitrogens is 1. The number of nitrogens with zero attached hydrogens (tertiary/aromatic N) is 2. The van der Waals surface area contributed by atoms with E-state index >= 15 is 0 Å². The average molecular weight is 543 g/mol. The summed E-state index contributed by atoms with van der Waals surface area (Å²) in [7, 11) is 1.55. The molecule has 1 aliphatic heterocycles. The van der Waals surface area contributed by atoms with Crippen LogP contribution in [0.5, 0.6) is 5.75 Å². The first-order chi connectivity index (χ1) is 19.0. The van der Waals surface area contributed by atoms with E-state index in [1.165, 1.54) is 6.07 Å². The first kappa shape index (κ1) is 25.9.